The summed E-state index contributed by atoms with van der Waals surface area (Å²) in [6.45, 7) is 3.63. The Kier molecular flexibility index (Phi) is 6.06. The number of nitrogens with one attached hydrogen (secondary N) is 2. The second kappa shape index (κ2) is 8.67. The molecule has 3 rings (SSSR count). The first-order valence-corrected chi connectivity index (χ1v) is 9.19. The van der Waals surface area contributed by atoms with Crippen LogP contribution in [-0.2, 0) is 6.54 Å². The third-order valence-electron chi connectivity index (χ3n) is 4.35. The molecule has 0 fully saturated rings. The lowest BCUT2D eigenvalue weighted by Gasteiger charge is -2.09. The van der Waals surface area contributed by atoms with Gasteiger partial charge in [-0.05, 0) is 38.7 Å². The molecule has 146 valence electrons. The molecular formula is C21H25N5O2. The van der Waals surface area contributed by atoms with Crippen molar-refractivity contribution in [1.82, 2.24) is 24.9 Å². The van der Waals surface area contributed by atoms with Crippen molar-refractivity contribution in [3.8, 4) is 0 Å². The first-order valence-electron chi connectivity index (χ1n) is 9.19. The third-order valence-corrected chi connectivity index (χ3v) is 4.35. The van der Waals surface area contributed by atoms with Crippen molar-refractivity contribution in [2.75, 3.05) is 27.2 Å². The quantitative estimate of drug-likeness (QED) is 0.657. The summed E-state index contributed by atoms with van der Waals surface area (Å²) in [5.41, 5.74) is 2.99. The lowest BCUT2D eigenvalue weighted by atomic mass is 10.1. The molecule has 2 aromatic heterocycles. The predicted octanol–water partition coefficient (Wildman–Crippen LogP) is 1.86. The summed E-state index contributed by atoms with van der Waals surface area (Å²) in [7, 11) is 3.88. The lowest BCUT2D eigenvalue weighted by molar-refractivity contribution is 0.0940. The molecule has 2 heterocycles. The van der Waals surface area contributed by atoms with E-state index in [4.69, 9.17) is 0 Å². The number of rotatable bonds is 7. The number of carbonyl (C=O) groups is 2. The fourth-order valence-corrected chi connectivity index (χ4v) is 2.93. The van der Waals surface area contributed by atoms with Gasteiger partial charge in [0.2, 0.25) is 5.82 Å². The summed E-state index contributed by atoms with van der Waals surface area (Å²) in [5.74, 6) is -0.409. The molecule has 0 saturated heterocycles. The Morgan fingerprint density at radius 2 is 1.89 bits per heavy atom. The number of benzene rings is 1. The van der Waals surface area contributed by atoms with E-state index in [0.29, 0.717) is 18.6 Å². The Labute approximate surface area is 164 Å². The van der Waals surface area contributed by atoms with Crippen LogP contribution >= 0.6 is 0 Å². The van der Waals surface area contributed by atoms with Gasteiger partial charge in [-0.25, -0.2) is 4.98 Å². The number of hydrogen-bond donors (Lipinski definition) is 2. The molecule has 3 aromatic rings. The summed E-state index contributed by atoms with van der Waals surface area (Å²) >= 11 is 0. The zero-order valence-electron chi connectivity index (χ0n) is 16.4. The average Bonchev–Trinajstić information content (AvgIpc) is 3.06. The van der Waals surface area contributed by atoms with Crippen LogP contribution in [0.3, 0.4) is 0 Å². The molecule has 0 aliphatic heterocycles. The zero-order chi connectivity index (χ0) is 20.1. The topological polar surface area (TPSA) is 78.7 Å². The maximum absolute atomic E-state index is 12.7. The number of fused-ring (bicyclic) bond motifs is 1. The molecule has 0 spiro atoms. The van der Waals surface area contributed by atoms with E-state index in [9.17, 15) is 9.59 Å². The van der Waals surface area contributed by atoms with E-state index < -0.39 is 0 Å². The first kappa shape index (κ1) is 19.6. The van der Waals surface area contributed by atoms with E-state index in [1.807, 2.05) is 56.3 Å². The molecule has 7 heteroatoms. The summed E-state index contributed by atoms with van der Waals surface area (Å²) in [6, 6.07) is 13.4. The number of nitrogens with zero attached hydrogens (tertiary/aromatic N) is 3. The Balaban J connectivity index is 1.79. The molecule has 0 aliphatic carbocycles. The summed E-state index contributed by atoms with van der Waals surface area (Å²) in [6.07, 6.45) is 1.74. The fraction of sp³-hybridized carbons (Fsp3) is 0.286. The van der Waals surface area contributed by atoms with Gasteiger partial charge >= 0.3 is 0 Å². The number of amides is 2. The molecule has 7 nitrogen and oxygen atoms in total. The standard InChI is InChI=1S/C21H25N5O2/c1-15-7-6-8-16(13-15)14-23-20(27)18-17-9-4-5-11-26(17)19(24-18)21(28)22-10-12-25(2)3/h4-9,11,13H,10,12,14H2,1-3H3,(H,22,28)(H,23,27). The highest BCUT2D eigenvalue weighted by Crippen LogP contribution is 2.14. The van der Waals surface area contributed by atoms with Gasteiger partial charge in [0.25, 0.3) is 11.8 Å². The average molecular weight is 379 g/mol. The highest BCUT2D eigenvalue weighted by atomic mass is 16.2. The van der Waals surface area contributed by atoms with Gasteiger partial charge in [0.15, 0.2) is 5.69 Å². The predicted molar refractivity (Wildman–Crippen MR) is 108 cm³/mol. The molecule has 0 radical (unpaired) electrons. The second-order valence-corrected chi connectivity index (χ2v) is 6.97. The fourth-order valence-electron chi connectivity index (χ4n) is 2.93. The summed E-state index contributed by atoms with van der Waals surface area (Å²) < 4.78 is 1.65. The van der Waals surface area contributed by atoms with Crippen LogP contribution in [0.2, 0.25) is 0 Å². The van der Waals surface area contributed by atoms with E-state index in [2.05, 4.69) is 15.6 Å². The van der Waals surface area contributed by atoms with Crippen LogP contribution in [0.1, 0.15) is 32.2 Å². The Morgan fingerprint density at radius 3 is 2.64 bits per heavy atom. The Hall–Kier alpha value is -3.19. The minimum absolute atomic E-state index is 0.204. The van der Waals surface area contributed by atoms with Crippen molar-refractivity contribution in [1.29, 1.82) is 0 Å². The number of aromatic nitrogens is 2. The van der Waals surface area contributed by atoms with E-state index in [0.717, 1.165) is 17.7 Å². The first-order chi connectivity index (χ1) is 13.5. The van der Waals surface area contributed by atoms with Crippen LogP contribution in [0.5, 0.6) is 0 Å². The van der Waals surface area contributed by atoms with E-state index >= 15 is 0 Å². The van der Waals surface area contributed by atoms with Gasteiger partial charge in [-0.2, -0.15) is 0 Å². The number of aryl methyl sites for hydroxylation is 1. The minimum atomic E-state index is -0.308. The highest BCUT2D eigenvalue weighted by Gasteiger charge is 2.21. The molecule has 0 saturated carbocycles. The molecule has 2 N–H and O–H groups in total. The maximum atomic E-state index is 12.7. The van der Waals surface area contributed by atoms with Crippen molar-refractivity contribution < 1.29 is 9.59 Å². The Morgan fingerprint density at radius 1 is 1.07 bits per heavy atom. The minimum Gasteiger partial charge on any atom is -0.348 e. The van der Waals surface area contributed by atoms with Crippen molar-refractivity contribution in [2.24, 2.45) is 0 Å². The normalized spacial score (nSPS) is 11.0. The van der Waals surface area contributed by atoms with E-state index in [1.54, 1.807) is 22.7 Å². The van der Waals surface area contributed by atoms with Gasteiger partial charge in [0.1, 0.15) is 0 Å². The van der Waals surface area contributed by atoms with Crippen LogP contribution in [0.25, 0.3) is 5.52 Å². The van der Waals surface area contributed by atoms with Gasteiger partial charge in [-0.15, -0.1) is 0 Å². The van der Waals surface area contributed by atoms with Gasteiger partial charge in [-0.1, -0.05) is 35.9 Å². The molecule has 0 bridgehead atoms. The second-order valence-electron chi connectivity index (χ2n) is 6.97. The molecule has 2 amide bonds. The number of pyridine rings is 1. The molecule has 28 heavy (non-hydrogen) atoms. The van der Waals surface area contributed by atoms with Crippen molar-refractivity contribution in [2.45, 2.75) is 13.5 Å². The molecule has 0 unspecified atom stereocenters. The number of imidazole rings is 1. The Bertz CT molecular complexity index is 993. The highest BCUT2D eigenvalue weighted by molar-refractivity contribution is 6.02. The van der Waals surface area contributed by atoms with E-state index in [-0.39, 0.29) is 23.3 Å². The van der Waals surface area contributed by atoms with Gasteiger partial charge in [-0.3, -0.25) is 14.0 Å². The van der Waals surface area contributed by atoms with Gasteiger partial charge < -0.3 is 15.5 Å². The van der Waals surface area contributed by atoms with Crippen LogP contribution in [0.15, 0.2) is 48.7 Å². The molecular weight excluding hydrogens is 354 g/mol. The molecule has 0 atom stereocenters. The van der Waals surface area contributed by atoms with Gasteiger partial charge in [0, 0.05) is 25.8 Å². The smallest absolute Gasteiger partial charge is 0.287 e. The number of carbonyl (C=O) groups excluding carboxylic acids is 2. The summed E-state index contributed by atoms with van der Waals surface area (Å²) in [5, 5.41) is 5.73. The van der Waals surface area contributed by atoms with E-state index in [1.165, 1.54) is 0 Å². The zero-order valence-corrected chi connectivity index (χ0v) is 16.4. The number of likely N-dealkylation sites (N-methyl/N-ethyl adjacent to an activating group) is 1. The van der Waals surface area contributed by atoms with Gasteiger partial charge in [0.05, 0.1) is 5.52 Å². The molecule has 1 aromatic carbocycles. The van der Waals surface area contributed by atoms with Crippen molar-refractivity contribution in [3.63, 3.8) is 0 Å². The van der Waals surface area contributed by atoms with Crippen LogP contribution in [-0.4, -0.2) is 53.3 Å². The summed E-state index contributed by atoms with van der Waals surface area (Å²) in [4.78, 5) is 31.6. The van der Waals surface area contributed by atoms with Crippen LogP contribution in [0, 0.1) is 6.92 Å². The molecule has 0 aliphatic rings. The maximum Gasteiger partial charge on any atom is 0.287 e. The largest absolute Gasteiger partial charge is 0.348 e. The van der Waals surface area contributed by atoms with Crippen molar-refractivity contribution in [3.05, 3.63) is 71.3 Å². The third kappa shape index (κ3) is 4.55. The van der Waals surface area contributed by atoms with Crippen molar-refractivity contribution >= 4 is 17.3 Å². The van der Waals surface area contributed by atoms with Crippen LogP contribution in [0.4, 0.5) is 0 Å². The SMILES string of the molecule is Cc1cccc(CNC(=O)c2nc(C(=O)NCCN(C)C)n3ccccc23)c1. The van der Waals surface area contributed by atoms with Crippen LogP contribution < -0.4 is 10.6 Å². The number of hydrogen-bond acceptors (Lipinski definition) is 4. The monoisotopic (exact) mass is 379 g/mol. The lowest BCUT2D eigenvalue weighted by Crippen LogP contribution is -2.32.